The molecule has 1 saturated heterocycles. The molecular weight excluding hydrogens is 292 g/mol. The van der Waals surface area contributed by atoms with Gasteiger partial charge < -0.3 is 20.1 Å². The molecule has 0 bridgehead atoms. The molecule has 0 radical (unpaired) electrons. The van der Waals surface area contributed by atoms with Gasteiger partial charge in [-0.15, -0.1) is 12.4 Å². The van der Waals surface area contributed by atoms with E-state index in [0.29, 0.717) is 0 Å². The Balaban J connectivity index is 0.00000161. The summed E-state index contributed by atoms with van der Waals surface area (Å²) < 4.78 is 10.7. The van der Waals surface area contributed by atoms with Gasteiger partial charge in [0.05, 0.1) is 12.0 Å². The minimum atomic E-state index is -0.0288. The van der Waals surface area contributed by atoms with Crippen molar-refractivity contribution in [2.75, 3.05) is 19.9 Å². The van der Waals surface area contributed by atoms with Gasteiger partial charge in [-0.3, -0.25) is 4.79 Å². The summed E-state index contributed by atoms with van der Waals surface area (Å²) in [4.78, 5) is 12.2. The molecule has 116 valence electrons. The summed E-state index contributed by atoms with van der Waals surface area (Å²) in [5.74, 6) is 1.73. The van der Waals surface area contributed by atoms with Crippen molar-refractivity contribution >= 4 is 18.3 Å². The van der Waals surface area contributed by atoms with Gasteiger partial charge in [-0.05, 0) is 44.0 Å². The highest BCUT2D eigenvalue weighted by Crippen LogP contribution is 2.34. The van der Waals surface area contributed by atoms with Crippen molar-refractivity contribution in [1.82, 2.24) is 10.6 Å². The van der Waals surface area contributed by atoms with Gasteiger partial charge in [0.1, 0.15) is 0 Å². The molecule has 1 aromatic carbocycles. The van der Waals surface area contributed by atoms with Gasteiger partial charge >= 0.3 is 0 Å². The predicted octanol–water partition coefficient (Wildman–Crippen LogP) is 2.01. The molecule has 1 unspecified atom stereocenters. The second kappa shape index (κ2) is 7.00. The largest absolute Gasteiger partial charge is 0.454 e. The lowest BCUT2D eigenvalue weighted by atomic mass is 9.98. The fraction of sp³-hybridized carbons (Fsp3) is 0.533. The zero-order chi connectivity index (χ0) is 13.9. The van der Waals surface area contributed by atoms with E-state index in [1.165, 1.54) is 0 Å². The van der Waals surface area contributed by atoms with Gasteiger partial charge in [-0.1, -0.05) is 6.07 Å². The molecule has 1 fully saturated rings. The molecule has 0 aliphatic carbocycles. The normalized spacial score (nSPS) is 21.3. The van der Waals surface area contributed by atoms with Crippen LogP contribution in [0.15, 0.2) is 18.2 Å². The summed E-state index contributed by atoms with van der Waals surface area (Å²) >= 11 is 0. The van der Waals surface area contributed by atoms with Crippen molar-refractivity contribution in [3.05, 3.63) is 23.8 Å². The molecule has 5 nitrogen and oxygen atoms in total. The highest BCUT2D eigenvalue weighted by Gasteiger charge is 2.23. The van der Waals surface area contributed by atoms with Crippen LogP contribution in [0.1, 0.15) is 31.4 Å². The van der Waals surface area contributed by atoms with Crippen molar-refractivity contribution in [2.45, 2.75) is 25.8 Å². The van der Waals surface area contributed by atoms with Crippen LogP contribution in [0.2, 0.25) is 0 Å². The number of piperidine rings is 1. The number of halogens is 1. The maximum atomic E-state index is 12.2. The van der Waals surface area contributed by atoms with Gasteiger partial charge in [0, 0.05) is 6.54 Å². The third kappa shape index (κ3) is 3.60. The van der Waals surface area contributed by atoms with Crippen molar-refractivity contribution < 1.29 is 14.3 Å². The lowest BCUT2D eigenvalue weighted by Gasteiger charge is -2.24. The Morgan fingerprint density at radius 2 is 2.19 bits per heavy atom. The summed E-state index contributed by atoms with van der Waals surface area (Å²) in [6, 6.07) is 5.77. The summed E-state index contributed by atoms with van der Waals surface area (Å²) in [6.07, 6.45) is 2.03. The molecule has 3 rings (SSSR count). The second-order valence-corrected chi connectivity index (χ2v) is 5.39. The van der Waals surface area contributed by atoms with Crippen molar-refractivity contribution in [1.29, 1.82) is 0 Å². The number of carbonyl (C=O) groups is 1. The molecule has 6 heteroatoms. The van der Waals surface area contributed by atoms with Gasteiger partial charge in [0.2, 0.25) is 12.7 Å². The molecule has 2 N–H and O–H groups in total. The molecule has 2 atom stereocenters. The Morgan fingerprint density at radius 1 is 1.38 bits per heavy atom. The van der Waals surface area contributed by atoms with Gasteiger partial charge in [0.25, 0.3) is 0 Å². The van der Waals surface area contributed by atoms with Crippen molar-refractivity contribution in [3.8, 4) is 11.5 Å². The molecule has 1 aromatic rings. The fourth-order valence-corrected chi connectivity index (χ4v) is 2.67. The number of hydrogen-bond acceptors (Lipinski definition) is 4. The highest BCUT2D eigenvalue weighted by molar-refractivity contribution is 5.85. The third-order valence-corrected chi connectivity index (χ3v) is 3.92. The second-order valence-electron chi connectivity index (χ2n) is 5.39. The molecule has 0 saturated carbocycles. The topological polar surface area (TPSA) is 59.6 Å². The van der Waals surface area contributed by atoms with E-state index >= 15 is 0 Å². The zero-order valence-electron chi connectivity index (χ0n) is 12.1. The van der Waals surface area contributed by atoms with Crippen LogP contribution >= 0.6 is 12.4 Å². The smallest absolute Gasteiger partial charge is 0.231 e. The van der Waals surface area contributed by atoms with E-state index in [4.69, 9.17) is 9.47 Å². The number of hydrogen-bond donors (Lipinski definition) is 2. The van der Waals surface area contributed by atoms with Crippen LogP contribution in [0.25, 0.3) is 0 Å². The first-order valence-corrected chi connectivity index (χ1v) is 7.14. The SMILES string of the molecule is CC(NC(=O)[C@@H]1CCCNC1)c1ccc2c(c1)OCO2.Cl. The average molecular weight is 313 g/mol. The summed E-state index contributed by atoms with van der Waals surface area (Å²) in [5.41, 5.74) is 1.03. The average Bonchev–Trinajstić information content (AvgIpc) is 2.95. The molecule has 2 aliphatic rings. The minimum absolute atomic E-state index is 0. The maximum Gasteiger partial charge on any atom is 0.231 e. The van der Waals surface area contributed by atoms with Gasteiger partial charge in [-0.2, -0.15) is 0 Å². The monoisotopic (exact) mass is 312 g/mol. The Kier molecular flexibility index (Phi) is 5.31. The summed E-state index contributed by atoms with van der Waals surface area (Å²) in [5, 5.41) is 6.35. The standard InChI is InChI=1S/C15H20N2O3.ClH/c1-10(17-15(18)12-3-2-6-16-8-12)11-4-5-13-14(7-11)20-9-19-13;/h4-5,7,10,12,16H,2-3,6,8-9H2,1H3,(H,17,18);1H/t10?,12-;/m1./s1. The number of benzene rings is 1. The van der Waals surface area contributed by atoms with E-state index in [1.807, 2.05) is 25.1 Å². The van der Waals surface area contributed by atoms with Crippen LogP contribution in [0.4, 0.5) is 0 Å². The number of fused-ring (bicyclic) bond motifs is 1. The van der Waals surface area contributed by atoms with E-state index in [1.54, 1.807) is 0 Å². The number of ether oxygens (including phenoxy) is 2. The summed E-state index contributed by atoms with van der Waals surface area (Å²) in [7, 11) is 0. The van der Waals surface area contributed by atoms with Crippen LogP contribution in [0.3, 0.4) is 0 Å². The molecule has 2 heterocycles. The number of rotatable bonds is 3. The Bertz CT molecular complexity index is 504. The number of amides is 1. The molecule has 0 aromatic heterocycles. The van der Waals surface area contributed by atoms with Gasteiger partial charge in [-0.25, -0.2) is 0 Å². The van der Waals surface area contributed by atoms with Crippen LogP contribution < -0.4 is 20.1 Å². The van der Waals surface area contributed by atoms with E-state index in [2.05, 4.69) is 10.6 Å². The highest BCUT2D eigenvalue weighted by atomic mass is 35.5. The van der Waals surface area contributed by atoms with E-state index < -0.39 is 0 Å². The minimum Gasteiger partial charge on any atom is -0.454 e. The van der Waals surface area contributed by atoms with Crippen LogP contribution in [0, 0.1) is 5.92 Å². The van der Waals surface area contributed by atoms with E-state index in [-0.39, 0.29) is 37.1 Å². The first-order valence-electron chi connectivity index (χ1n) is 7.14. The first kappa shape index (κ1) is 15.9. The molecule has 21 heavy (non-hydrogen) atoms. The predicted molar refractivity (Wildman–Crippen MR) is 82.0 cm³/mol. The summed E-state index contributed by atoms with van der Waals surface area (Å²) in [6.45, 7) is 4.06. The third-order valence-electron chi connectivity index (χ3n) is 3.92. The molecular formula is C15H21ClN2O3. The molecule has 2 aliphatic heterocycles. The number of nitrogens with one attached hydrogen (secondary N) is 2. The van der Waals surface area contributed by atoms with Crippen LogP contribution in [-0.4, -0.2) is 25.8 Å². The fourth-order valence-electron chi connectivity index (χ4n) is 2.67. The van der Waals surface area contributed by atoms with Crippen LogP contribution in [-0.2, 0) is 4.79 Å². The Hall–Kier alpha value is -1.46. The maximum absolute atomic E-state index is 12.2. The Labute approximate surface area is 130 Å². The number of carbonyl (C=O) groups excluding carboxylic acids is 1. The van der Waals surface area contributed by atoms with Gasteiger partial charge in [0.15, 0.2) is 11.5 Å². The quantitative estimate of drug-likeness (QED) is 0.896. The zero-order valence-corrected chi connectivity index (χ0v) is 12.9. The van der Waals surface area contributed by atoms with E-state index in [0.717, 1.165) is 43.0 Å². The molecule has 0 spiro atoms. The van der Waals surface area contributed by atoms with E-state index in [9.17, 15) is 4.79 Å². The lowest BCUT2D eigenvalue weighted by Crippen LogP contribution is -2.41. The van der Waals surface area contributed by atoms with Crippen molar-refractivity contribution in [3.63, 3.8) is 0 Å². The lowest BCUT2D eigenvalue weighted by molar-refractivity contribution is -0.126. The molecule has 1 amide bonds. The Morgan fingerprint density at radius 3 is 2.95 bits per heavy atom. The van der Waals surface area contributed by atoms with Crippen molar-refractivity contribution in [2.24, 2.45) is 5.92 Å². The van der Waals surface area contributed by atoms with Crippen LogP contribution in [0.5, 0.6) is 11.5 Å². The first-order chi connectivity index (χ1) is 9.74.